The number of aryl methyl sites for hydroxylation is 2. The van der Waals surface area contributed by atoms with E-state index in [9.17, 15) is 0 Å². The zero-order valence-electron chi connectivity index (χ0n) is 30.5. The molecular formula is C45H40N2O3S3. The average Bonchev–Trinajstić information content (AvgIpc) is 3.93. The molecule has 8 heteroatoms. The van der Waals surface area contributed by atoms with Gasteiger partial charge < -0.3 is 14.2 Å². The minimum absolute atomic E-state index is 0.354. The number of nitrogens with zero attached hydrogens (tertiary/aromatic N) is 2. The van der Waals surface area contributed by atoms with Crippen LogP contribution in [-0.4, -0.2) is 15.9 Å². The van der Waals surface area contributed by atoms with Gasteiger partial charge in [-0.15, -0.1) is 22.7 Å². The molecule has 0 atom stereocenters. The van der Waals surface area contributed by atoms with Gasteiger partial charge in [-0.05, 0) is 110 Å². The Labute approximate surface area is 323 Å². The number of hydrogen-bond donors (Lipinski definition) is 0. The second-order valence-corrected chi connectivity index (χ2v) is 15.2. The fourth-order valence-electron chi connectivity index (χ4n) is 6.06. The first-order chi connectivity index (χ1) is 25.5. The van der Waals surface area contributed by atoms with Crippen molar-refractivity contribution in [3.05, 3.63) is 168 Å². The number of para-hydroxylation sites is 1. The highest BCUT2D eigenvalue weighted by atomic mass is 32.1. The number of aromatic nitrogens is 2. The maximum atomic E-state index is 6.90. The molecule has 0 unspecified atom stereocenters. The van der Waals surface area contributed by atoms with Gasteiger partial charge in [0.1, 0.15) is 28.3 Å². The summed E-state index contributed by atoms with van der Waals surface area (Å²) in [5, 5.41) is 0. The molecule has 0 saturated heterocycles. The van der Waals surface area contributed by atoms with Crippen molar-refractivity contribution in [3.8, 4) is 48.6 Å². The van der Waals surface area contributed by atoms with E-state index >= 15 is 0 Å². The highest BCUT2D eigenvalue weighted by Gasteiger charge is 2.30. The lowest BCUT2D eigenvalue weighted by molar-refractivity contribution is 0.305. The van der Waals surface area contributed by atoms with Crippen molar-refractivity contribution in [2.24, 2.45) is 0 Å². The first-order valence-electron chi connectivity index (χ1n) is 16.8. The molecule has 3 heterocycles. The Morgan fingerprint density at radius 1 is 0.698 bits per heavy atom. The van der Waals surface area contributed by atoms with Crippen LogP contribution in [0.1, 0.15) is 29.9 Å². The molecule has 53 heavy (non-hydrogen) atoms. The SMILES string of the molecule is C=C/C(C)=C(\C(=C)C)c1ccc(-c2c(OC(=C)/C=C\C(=C)C(=C)OC)c(Oc3ccccc3)c(-c3ccc(-c4c(C)cccc4C)s3)c3nsnc23)s1. The molecule has 0 fully saturated rings. The lowest BCUT2D eigenvalue weighted by Gasteiger charge is -2.20. The molecule has 0 aliphatic rings. The van der Waals surface area contributed by atoms with Crippen LogP contribution in [0.5, 0.6) is 17.2 Å². The maximum absolute atomic E-state index is 6.90. The molecule has 3 aromatic carbocycles. The molecule has 6 rings (SSSR count). The van der Waals surface area contributed by atoms with Crippen LogP contribution in [0.3, 0.4) is 0 Å². The van der Waals surface area contributed by atoms with Gasteiger partial charge in [-0.2, -0.15) is 8.75 Å². The van der Waals surface area contributed by atoms with E-state index in [2.05, 4.69) is 89.2 Å². The Bertz CT molecular complexity index is 2450. The Hall–Kier alpha value is -5.54. The summed E-state index contributed by atoms with van der Waals surface area (Å²) < 4.78 is 28.8. The lowest BCUT2D eigenvalue weighted by Crippen LogP contribution is -2.00. The van der Waals surface area contributed by atoms with E-state index in [4.69, 9.17) is 23.0 Å². The highest BCUT2D eigenvalue weighted by molar-refractivity contribution is 7.19. The van der Waals surface area contributed by atoms with Gasteiger partial charge in [-0.25, -0.2) is 0 Å². The molecule has 0 saturated carbocycles. The van der Waals surface area contributed by atoms with Crippen molar-refractivity contribution < 1.29 is 14.2 Å². The molecule has 6 aromatic rings. The van der Waals surface area contributed by atoms with Crippen molar-refractivity contribution in [2.45, 2.75) is 27.7 Å². The molecule has 266 valence electrons. The second-order valence-electron chi connectivity index (χ2n) is 12.5. The van der Waals surface area contributed by atoms with Gasteiger partial charge in [0.25, 0.3) is 0 Å². The van der Waals surface area contributed by atoms with Gasteiger partial charge in [-0.3, -0.25) is 0 Å². The van der Waals surface area contributed by atoms with Crippen LogP contribution in [-0.2, 0) is 4.74 Å². The van der Waals surface area contributed by atoms with Crippen molar-refractivity contribution in [1.82, 2.24) is 8.75 Å². The smallest absolute Gasteiger partial charge is 0.181 e. The lowest BCUT2D eigenvalue weighted by atomic mass is 10.0. The number of allylic oxidation sites excluding steroid dienone is 6. The summed E-state index contributed by atoms with van der Waals surface area (Å²) in [7, 11) is 1.56. The standard InChI is InChI=1S/C45H40N2O3S3/c1-11-27(4)38(26(2)3)34-22-24-36(51-34)40-42-43(47-53-46-42)41(37-25-23-35(52-37)39-29(6)16-15-17-30(39)7)45(50-33-18-13-12-14-19-33)44(40)49-31(8)21-20-28(5)32(9)48-10/h11-25H,1-2,5,8-9H2,3-4,6-7,10H3/b21-20-,38-27+. The summed E-state index contributed by atoms with van der Waals surface area (Å²) in [6, 6.07) is 24.5. The number of hydrogen-bond acceptors (Lipinski definition) is 8. The summed E-state index contributed by atoms with van der Waals surface area (Å²) in [6.45, 7) is 28.9. The molecule has 0 bridgehead atoms. The summed E-state index contributed by atoms with van der Waals surface area (Å²) in [5.74, 6) is 2.41. The van der Waals surface area contributed by atoms with Crippen molar-refractivity contribution in [3.63, 3.8) is 0 Å². The number of benzene rings is 3. The van der Waals surface area contributed by atoms with Crippen LogP contribution in [0.2, 0.25) is 0 Å². The third-order valence-corrected chi connectivity index (χ3v) is 11.5. The molecule has 0 spiro atoms. The molecule has 0 amide bonds. The van der Waals surface area contributed by atoms with E-state index in [0.29, 0.717) is 39.9 Å². The van der Waals surface area contributed by atoms with Crippen LogP contribution < -0.4 is 9.47 Å². The third-order valence-electron chi connectivity index (χ3n) is 8.70. The van der Waals surface area contributed by atoms with Gasteiger partial charge in [0.15, 0.2) is 11.5 Å². The number of methoxy groups -OCH3 is 1. The van der Waals surface area contributed by atoms with E-state index in [0.717, 1.165) is 64.6 Å². The minimum Gasteiger partial charge on any atom is -0.497 e. The normalized spacial score (nSPS) is 11.7. The molecule has 0 N–H and O–H groups in total. The van der Waals surface area contributed by atoms with Gasteiger partial charge >= 0.3 is 0 Å². The molecule has 0 radical (unpaired) electrons. The fourth-order valence-corrected chi connectivity index (χ4v) is 9.08. The minimum atomic E-state index is 0.354. The Kier molecular flexibility index (Phi) is 11.2. The zero-order chi connectivity index (χ0) is 37.8. The second kappa shape index (κ2) is 16.0. The van der Waals surface area contributed by atoms with E-state index in [1.165, 1.54) is 16.7 Å². The number of fused-ring (bicyclic) bond motifs is 1. The average molecular weight is 753 g/mol. The van der Waals surface area contributed by atoms with Crippen LogP contribution in [0.25, 0.3) is 47.9 Å². The zero-order valence-corrected chi connectivity index (χ0v) is 33.0. The largest absolute Gasteiger partial charge is 0.497 e. The van der Waals surface area contributed by atoms with Crippen LogP contribution in [0.15, 0.2) is 152 Å². The molecule has 0 aliphatic heterocycles. The Morgan fingerprint density at radius 3 is 1.92 bits per heavy atom. The first-order valence-corrected chi connectivity index (χ1v) is 19.2. The van der Waals surface area contributed by atoms with Gasteiger partial charge in [-0.1, -0.05) is 75.4 Å². The first kappa shape index (κ1) is 37.2. The van der Waals surface area contributed by atoms with E-state index in [-0.39, 0.29) is 0 Å². The van der Waals surface area contributed by atoms with E-state index in [1.54, 1.807) is 41.9 Å². The summed E-state index contributed by atoms with van der Waals surface area (Å²) in [4.78, 5) is 4.08. The fraction of sp³-hybridized carbons (Fsp3) is 0.111. The number of ether oxygens (including phenoxy) is 3. The van der Waals surface area contributed by atoms with Crippen LogP contribution in [0, 0.1) is 13.8 Å². The third kappa shape index (κ3) is 7.66. The van der Waals surface area contributed by atoms with Crippen molar-refractivity contribution in [2.75, 3.05) is 7.11 Å². The molecule has 0 aliphatic carbocycles. The maximum Gasteiger partial charge on any atom is 0.181 e. The summed E-state index contributed by atoms with van der Waals surface area (Å²) >= 11 is 4.46. The Morgan fingerprint density at radius 2 is 1.30 bits per heavy atom. The van der Waals surface area contributed by atoms with Gasteiger partial charge in [0.2, 0.25) is 0 Å². The molecule has 5 nitrogen and oxygen atoms in total. The molecule has 3 aromatic heterocycles. The number of rotatable bonds is 14. The molecular weight excluding hydrogens is 713 g/mol. The van der Waals surface area contributed by atoms with Crippen molar-refractivity contribution >= 4 is 51.0 Å². The Balaban J connectivity index is 1.65. The number of thiophene rings is 2. The van der Waals surface area contributed by atoms with Crippen molar-refractivity contribution in [1.29, 1.82) is 0 Å². The van der Waals surface area contributed by atoms with Gasteiger partial charge in [0.05, 0.1) is 30.0 Å². The van der Waals surface area contributed by atoms with E-state index < -0.39 is 0 Å². The predicted molar refractivity (Wildman–Crippen MR) is 227 cm³/mol. The predicted octanol–water partition coefficient (Wildman–Crippen LogP) is 13.9. The van der Waals surface area contributed by atoms with E-state index in [1.807, 2.05) is 50.3 Å². The van der Waals surface area contributed by atoms with Gasteiger partial charge in [0, 0.05) is 25.1 Å². The monoisotopic (exact) mass is 752 g/mol. The summed E-state index contributed by atoms with van der Waals surface area (Å²) in [6.07, 6.45) is 5.36. The quantitative estimate of drug-likeness (QED) is 0.0819. The van der Waals surface area contributed by atoms with Crippen LogP contribution in [0.4, 0.5) is 0 Å². The summed E-state index contributed by atoms with van der Waals surface area (Å²) in [5.41, 5.74) is 10.2. The highest BCUT2D eigenvalue weighted by Crippen LogP contribution is 2.55. The topological polar surface area (TPSA) is 53.5 Å². The van der Waals surface area contributed by atoms with Crippen LogP contribution >= 0.6 is 34.4 Å².